The van der Waals surface area contributed by atoms with Gasteiger partial charge in [0.05, 0.1) is 19.3 Å². The van der Waals surface area contributed by atoms with Crippen LogP contribution in [0.1, 0.15) is 10.5 Å². The van der Waals surface area contributed by atoms with Gasteiger partial charge in [-0.15, -0.1) is 0 Å². The molecule has 2 N–H and O–H groups in total. The molecule has 0 radical (unpaired) electrons. The minimum atomic E-state index is -1.24. The fraction of sp³-hybridized carbons (Fsp3) is 0.429. The van der Waals surface area contributed by atoms with Crippen LogP contribution in [0.2, 0.25) is 0 Å². The van der Waals surface area contributed by atoms with E-state index in [1.807, 2.05) is 0 Å². The van der Waals surface area contributed by atoms with Crippen LogP contribution in [-0.4, -0.2) is 39.7 Å². The van der Waals surface area contributed by atoms with Crippen molar-refractivity contribution in [3.05, 3.63) is 11.9 Å². The van der Waals surface area contributed by atoms with Crippen LogP contribution in [0.4, 0.5) is 0 Å². The number of rotatable bonds is 4. The second-order valence-corrected chi connectivity index (χ2v) is 2.42. The van der Waals surface area contributed by atoms with Gasteiger partial charge < -0.3 is 14.9 Å². The van der Waals surface area contributed by atoms with Crippen LogP contribution in [-0.2, 0) is 11.3 Å². The number of carboxylic acids is 1. The van der Waals surface area contributed by atoms with E-state index < -0.39 is 5.97 Å². The van der Waals surface area contributed by atoms with Crippen molar-refractivity contribution < 1.29 is 19.7 Å². The number of carbonyl (C=O) groups is 1. The number of ether oxygens (including phenoxy) is 1. The number of aromatic nitrogens is 2. The first-order valence-corrected chi connectivity index (χ1v) is 3.63. The molecule has 0 bridgehead atoms. The number of hydrogen-bond acceptors (Lipinski definition) is 4. The minimum absolute atomic E-state index is 0.330. The molecule has 13 heavy (non-hydrogen) atoms. The number of hydrogen-bond donors (Lipinski definition) is 2. The first-order valence-electron chi connectivity index (χ1n) is 3.63. The third-order valence-corrected chi connectivity index (χ3v) is 1.47. The Morgan fingerprint density at radius 3 is 2.92 bits per heavy atom. The van der Waals surface area contributed by atoms with E-state index in [2.05, 4.69) is 5.10 Å². The molecule has 1 aromatic heterocycles. The van der Waals surface area contributed by atoms with Crippen molar-refractivity contribution in [3.8, 4) is 5.75 Å². The lowest BCUT2D eigenvalue weighted by molar-refractivity contribution is 0.0686. The molecule has 6 nitrogen and oxygen atoms in total. The highest BCUT2D eigenvalue weighted by Gasteiger charge is 2.14. The van der Waals surface area contributed by atoms with Crippen LogP contribution in [0, 0.1) is 0 Å². The number of aromatic carboxylic acids is 1. The van der Waals surface area contributed by atoms with E-state index in [1.54, 1.807) is 0 Å². The number of methoxy groups -OCH3 is 1. The summed E-state index contributed by atoms with van der Waals surface area (Å²) in [4.78, 5) is 10.4. The van der Waals surface area contributed by atoms with Crippen LogP contribution in [0.25, 0.3) is 0 Å². The Hall–Kier alpha value is -1.56. The highest BCUT2D eigenvalue weighted by molar-refractivity contribution is 5.88. The lowest BCUT2D eigenvalue weighted by Crippen LogP contribution is -2.06. The monoisotopic (exact) mass is 186 g/mol. The van der Waals surface area contributed by atoms with Gasteiger partial charge >= 0.3 is 5.97 Å². The molecule has 0 unspecified atom stereocenters. The average Bonchev–Trinajstić information content (AvgIpc) is 2.43. The van der Waals surface area contributed by atoms with Crippen LogP contribution in [0.15, 0.2) is 6.20 Å². The summed E-state index contributed by atoms with van der Waals surface area (Å²) in [6.07, 6.45) is 1.25. The van der Waals surface area contributed by atoms with E-state index in [0.717, 1.165) is 0 Å². The fourth-order valence-corrected chi connectivity index (χ4v) is 0.863. The maximum Gasteiger partial charge on any atom is 0.360 e. The van der Waals surface area contributed by atoms with Crippen molar-refractivity contribution in [1.29, 1.82) is 0 Å². The predicted molar refractivity (Wildman–Crippen MR) is 42.7 cm³/mol. The normalized spacial score (nSPS) is 10.2. The van der Waals surface area contributed by atoms with E-state index in [4.69, 9.17) is 14.9 Å². The maximum atomic E-state index is 10.4. The summed E-state index contributed by atoms with van der Waals surface area (Å²) in [7, 11) is 1.53. The molecule has 0 aliphatic carbocycles. The third-order valence-electron chi connectivity index (χ3n) is 1.47. The highest BCUT2D eigenvalue weighted by atomic mass is 16.5. The minimum Gasteiger partial charge on any atom is -0.504 e. The van der Waals surface area contributed by atoms with Crippen molar-refractivity contribution in [2.75, 3.05) is 13.7 Å². The molecule has 0 saturated heterocycles. The van der Waals surface area contributed by atoms with Crippen LogP contribution in [0.5, 0.6) is 5.75 Å². The average molecular weight is 186 g/mol. The Balaban J connectivity index is 2.76. The molecule has 1 rings (SSSR count). The van der Waals surface area contributed by atoms with E-state index in [9.17, 15) is 4.79 Å². The van der Waals surface area contributed by atoms with Crippen molar-refractivity contribution in [3.63, 3.8) is 0 Å². The second kappa shape index (κ2) is 3.90. The smallest absolute Gasteiger partial charge is 0.360 e. The first-order chi connectivity index (χ1) is 6.15. The van der Waals surface area contributed by atoms with E-state index in [0.29, 0.717) is 13.2 Å². The van der Waals surface area contributed by atoms with Gasteiger partial charge in [-0.3, -0.25) is 4.68 Å². The molecule has 72 valence electrons. The summed E-state index contributed by atoms with van der Waals surface area (Å²) in [5, 5.41) is 21.3. The van der Waals surface area contributed by atoms with Crippen LogP contribution in [0.3, 0.4) is 0 Å². The zero-order chi connectivity index (χ0) is 9.84. The lowest BCUT2D eigenvalue weighted by Gasteiger charge is -1.97. The fourth-order valence-electron chi connectivity index (χ4n) is 0.863. The molecular formula is C7H10N2O4. The Bertz CT molecular complexity index is 307. The van der Waals surface area contributed by atoms with Gasteiger partial charge in [0.2, 0.25) is 5.69 Å². The van der Waals surface area contributed by atoms with E-state index in [-0.39, 0.29) is 11.4 Å². The van der Waals surface area contributed by atoms with Crippen molar-refractivity contribution in [2.45, 2.75) is 6.54 Å². The van der Waals surface area contributed by atoms with Gasteiger partial charge in [0.25, 0.3) is 0 Å². The molecule has 6 heteroatoms. The predicted octanol–water partition coefficient (Wildman–Crippen LogP) is -0.0667. The molecular weight excluding hydrogens is 176 g/mol. The second-order valence-electron chi connectivity index (χ2n) is 2.42. The molecule has 0 fully saturated rings. The molecule has 0 aliphatic rings. The summed E-state index contributed by atoms with van der Waals surface area (Å²) < 4.78 is 6.09. The number of carboxylic acid groups (broad SMARTS) is 1. The van der Waals surface area contributed by atoms with E-state index >= 15 is 0 Å². The highest BCUT2D eigenvalue weighted by Crippen LogP contribution is 2.13. The largest absolute Gasteiger partial charge is 0.504 e. The molecule has 0 aromatic carbocycles. The topological polar surface area (TPSA) is 84.6 Å². The van der Waals surface area contributed by atoms with Crippen molar-refractivity contribution in [2.24, 2.45) is 0 Å². The summed E-state index contributed by atoms with van der Waals surface area (Å²) >= 11 is 0. The summed E-state index contributed by atoms with van der Waals surface area (Å²) in [5.41, 5.74) is -0.337. The van der Waals surface area contributed by atoms with Crippen LogP contribution >= 0.6 is 0 Å². The van der Waals surface area contributed by atoms with E-state index in [1.165, 1.54) is 18.0 Å². The molecule has 1 aromatic rings. The zero-order valence-electron chi connectivity index (χ0n) is 7.10. The van der Waals surface area contributed by atoms with Gasteiger partial charge in [-0.25, -0.2) is 4.79 Å². The van der Waals surface area contributed by atoms with Crippen LogP contribution < -0.4 is 0 Å². The van der Waals surface area contributed by atoms with Gasteiger partial charge in [-0.2, -0.15) is 5.10 Å². The molecule has 0 spiro atoms. The van der Waals surface area contributed by atoms with Gasteiger partial charge in [-0.1, -0.05) is 0 Å². The third kappa shape index (κ3) is 2.19. The Morgan fingerprint density at radius 2 is 2.46 bits per heavy atom. The molecule has 1 heterocycles. The maximum absolute atomic E-state index is 10.4. The quantitative estimate of drug-likeness (QED) is 0.687. The Morgan fingerprint density at radius 1 is 1.77 bits per heavy atom. The van der Waals surface area contributed by atoms with Gasteiger partial charge in [0.1, 0.15) is 0 Å². The summed E-state index contributed by atoms with van der Waals surface area (Å²) in [6, 6.07) is 0. The lowest BCUT2D eigenvalue weighted by atomic mass is 10.4. The summed E-state index contributed by atoms with van der Waals surface area (Å²) in [6.45, 7) is 0.831. The number of aromatic hydroxyl groups is 1. The van der Waals surface area contributed by atoms with Gasteiger partial charge in [0, 0.05) is 7.11 Å². The van der Waals surface area contributed by atoms with Gasteiger partial charge in [-0.05, 0) is 0 Å². The summed E-state index contributed by atoms with van der Waals surface area (Å²) in [5.74, 6) is -1.57. The van der Waals surface area contributed by atoms with Gasteiger partial charge in [0.15, 0.2) is 5.75 Å². The Kier molecular flexibility index (Phi) is 2.86. The SMILES string of the molecule is COCCn1cc(O)c(C(=O)O)n1. The molecule has 0 atom stereocenters. The molecule has 0 aliphatic heterocycles. The standard InChI is InChI=1S/C7H10N2O4/c1-13-3-2-9-4-5(10)6(8-9)7(11)12/h4,10H,2-3H2,1H3,(H,11,12). The van der Waals surface area contributed by atoms with Crippen molar-refractivity contribution in [1.82, 2.24) is 9.78 Å². The Labute approximate surface area is 74.4 Å². The number of nitrogens with zero attached hydrogens (tertiary/aromatic N) is 2. The first kappa shape index (κ1) is 9.53. The molecule has 0 saturated carbocycles. The van der Waals surface area contributed by atoms with Crippen molar-refractivity contribution >= 4 is 5.97 Å². The zero-order valence-corrected chi connectivity index (χ0v) is 7.10. The molecule has 0 amide bonds.